The minimum Gasteiger partial charge on any atom is -0.357 e. The number of likely N-dealkylation sites (N-methyl/N-ethyl adjacent to an activating group) is 1. The number of guanidine groups is 1. The van der Waals surface area contributed by atoms with Gasteiger partial charge in [-0.15, -0.1) is 0 Å². The second-order valence-electron chi connectivity index (χ2n) is 4.61. The van der Waals surface area contributed by atoms with E-state index in [1.165, 1.54) is 0 Å². The Bertz CT molecular complexity index is 490. The van der Waals surface area contributed by atoms with Gasteiger partial charge in [-0.25, -0.2) is 4.99 Å². The van der Waals surface area contributed by atoms with Crippen LogP contribution in [0.1, 0.15) is 19.4 Å². The van der Waals surface area contributed by atoms with Gasteiger partial charge in [-0.3, -0.25) is 4.79 Å². The minimum atomic E-state index is -0.0796. The number of carbonyl (C=O) groups is 1. The van der Waals surface area contributed by atoms with Crippen molar-refractivity contribution in [3.05, 3.63) is 34.9 Å². The van der Waals surface area contributed by atoms with Gasteiger partial charge in [0.1, 0.15) is 6.54 Å². The molecule has 0 unspecified atom stereocenters. The number of aliphatic imine (C=N–C) groups is 1. The number of benzene rings is 1. The van der Waals surface area contributed by atoms with Crippen molar-refractivity contribution in [3.8, 4) is 0 Å². The predicted molar refractivity (Wildman–Crippen MR) is 87.6 cm³/mol. The van der Waals surface area contributed by atoms with Gasteiger partial charge in [-0.05, 0) is 31.5 Å². The molecule has 1 aromatic rings. The summed E-state index contributed by atoms with van der Waals surface area (Å²) in [6, 6.07) is 7.70. The van der Waals surface area contributed by atoms with E-state index < -0.39 is 0 Å². The Balaban J connectivity index is 2.70. The lowest BCUT2D eigenvalue weighted by molar-refractivity contribution is -0.119. The highest BCUT2D eigenvalue weighted by molar-refractivity contribution is 6.30. The number of halogens is 1. The Labute approximate surface area is 131 Å². The molecule has 1 aromatic carbocycles. The van der Waals surface area contributed by atoms with Crippen LogP contribution in [0.3, 0.4) is 0 Å². The zero-order chi connectivity index (χ0) is 15.7. The summed E-state index contributed by atoms with van der Waals surface area (Å²) in [5.41, 5.74) is 1.09. The van der Waals surface area contributed by atoms with Crippen molar-refractivity contribution < 1.29 is 4.79 Å². The van der Waals surface area contributed by atoms with Gasteiger partial charge in [0.15, 0.2) is 5.96 Å². The first kappa shape index (κ1) is 17.3. The quantitative estimate of drug-likeness (QED) is 0.623. The van der Waals surface area contributed by atoms with Crippen LogP contribution in [-0.2, 0) is 11.3 Å². The molecule has 0 heterocycles. The van der Waals surface area contributed by atoms with Crippen molar-refractivity contribution in [2.75, 3.05) is 26.7 Å². The molecule has 1 rings (SSSR count). The van der Waals surface area contributed by atoms with Crippen LogP contribution in [0, 0.1) is 0 Å². The van der Waals surface area contributed by atoms with Crippen LogP contribution in [0.4, 0.5) is 0 Å². The number of carbonyl (C=O) groups excluding carboxylic acids is 1. The summed E-state index contributed by atoms with van der Waals surface area (Å²) >= 11 is 5.99. The molecule has 0 saturated heterocycles. The fraction of sp³-hybridized carbons (Fsp3) is 0.467. The molecule has 116 valence electrons. The van der Waals surface area contributed by atoms with E-state index in [1.54, 1.807) is 0 Å². The number of hydrogen-bond donors (Lipinski definition) is 2. The minimum absolute atomic E-state index is 0.0796. The maximum atomic E-state index is 11.5. The predicted octanol–water partition coefficient (Wildman–Crippen LogP) is 1.87. The molecule has 0 aliphatic rings. The monoisotopic (exact) mass is 310 g/mol. The Hall–Kier alpha value is -1.75. The van der Waals surface area contributed by atoms with Gasteiger partial charge in [-0.1, -0.05) is 23.7 Å². The Morgan fingerprint density at radius 1 is 1.29 bits per heavy atom. The van der Waals surface area contributed by atoms with E-state index in [0.29, 0.717) is 24.1 Å². The maximum Gasteiger partial charge on any atom is 0.241 e. The van der Waals surface area contributed by atoms with E-state index in [0.717, 1.165) is 12.1 Å². The van der Waals surface area contributed by atoms with E-state index in [1.807, 2.05) is 50.1 Å². The van der Waals surface area contributed by atoms with E-state index >= 15 is 0 Å². The van der Waals surface area contributed by atoms with Crippen LogP contribution in [0.2, 0.25) is 5.02 Å². The highest BCUT2D eigenvalue weighted by atomic mass is 35.5. The molecule has 0 aromatic heterocycles. The number of rotatable bonds is 6. The topological polar surface area (TPSA) is 56.7 Å². The summed E-state index contributed by atoms with van der Waals surface area (Å²) in [5, 5.41) is 6.62. The van der Waals surface area contributed by atoms with Gasteiger partial charge in [0.2, 0.25) is 5.91 Å². The molecule has 0 bridgehead atoms. The first-order valence-electron chi connectivity index (χ1n) is 7.07. The number of hydrogen-bond acceptors (Lipinski definition) is 2. The number of amides is 1. The molecule has 1 amide bonds. The molecule has 0 radical (unpaired) electrons. The summed E-state index contributed by atoms with van der Waals surface area (Å²) in [4.78, 5) is 17.8. The van der Waals surface area contributed by atoms with Crippen LogP contribution in [-0.4, -0.2) is 43.4 Å². The van der Waals surface area contributed by atoms with Crippen molar-refractivity contribution in [1.82, 2.24) is 15.5 Å². The molecule has 21 heavy (non-hydrogen) atoms. The molecule has 0 fully saturated rings. The third-order valence-electron chi connectivity index (χ3n) is 2.75. The van der Waals surface area contributed by atoms with Crippen molar-refractivity contribution in [1.29, 1.82) is 0 Å². The van der Waals surface area contributed by atoms with Gasteiger partial charge >= 0.3 is 0 Å². The summed E-state index contributed by atoms with van der Waals surface area (Å²) in [7, 11) is 1.93. The van der Waals surface area contributed by atoms with Gasteiger partial charge < -0.3 is 15.5 Å². The lowest BCUT2D eigenvalue weighted by atomic mass is 10.2. The lowest BCUT2D eigenvalue weighted by Gasteiger charge is -2.22. The largest absolute Gasteiger partial charge is 0.357 e. The SMILES string of the molecule is CCNC(=O)CN=C(NCC)N(C)Cc1cccc(Cl)c1. The van der Waals surface area contributed by atoms with Gasteiger partial charge in [-0.2, -0.15) is 0 Å². The summed E-state index contributed by atoms with van der Waals surface area (Å²) in [5.74, 6) is 0.618. The summed E-state index contributed by atoms with van der Waals surface area (Å²) < 4.78 is 0. The normalized spacial score (nSPS) is 11.1. The first-order chi connectivity index (χ1) is 10.1. The van der Waals surface area contributed by atoms with Crippen molar-refractivity contribution >= 4 is 23.5 Å². The molecule has 2 N–H and O–H groups in total. The Morgan fingerprint density at radius 2 is 2.00 bits per heavy atom. The molecule has 5 nitrogen and oxygen atoms in total. The Kier molecular flexibility index (Phi) is 7.61. The molecule has 6 heteroatoms. The lowest BCUT2D eigenvalue weighted by Crippen LogP contribution is -2.39. The standard InChI is InChI=1S/C15H23ClN4O/c1-4-17-14(21)10-19-15(18-5-2)20(3)11-12-7-6-8-13(16)9-12/h6-9H,4-5,10-11H2,1-3H3,(H,17,21)(H,18,19). The van der Waals surface area contributed by atoms with Crippen molar-refractivity contribution in [2.45, 2.75) is 20.4 Å². The van der Waals surface area contributed by atoms with Crippen LogP contribution < -0.4 is 10.6 Å². The van der Waals surface area contributed by atoms with Crippen LogP contribution >= 0.6 is 11.6 Å². The Morgan fingerprint density at radius 3 is 2.62 bits per heavy atom. The van der Waals surface area contributed by atoms with Gasteiger partial charge in [0, 0.05) is 31.7 Å². The van der Waals surface area contributed by atoms with E-state index in [9.17, 15) is 4.79 Å². The summed E-state index contributed by atoms with van der Waals surface area (Å²) in [6.45, 7) is 6.03. The van der Waals surface area contributed by atoms with Gasteiger partial charge in [0.25, 0.3) is 0 Å². The zero-order valence-corrected chi connectivity index (χ0v) is 13.6. The molecular formula is C15H23ClN4O. The molecular weight excluding hydrogens is 288 g/mol. The molecule has 0 saturated carbocycles. The highest BCUT2D eigenvalue weighted by Gasteiger charge is 2.08. The molecule has 0 spiro atoms. The average molecular weight is 311 g/mol. The number of nitrogens with one attached hydrogen (secondary N) is 2. The zero-order valence-electron chi connectivity index (χ0n) is 12.8. The van der Waals surface area contributed by atoms with Crippen molar-refractivity contribution in [3.63, 3.8) is 0 Å². The summed E-state index contributed by atoms with van der Waals surface area (Å²) in [6.07, 6.45) is 0. The third kappa shape index (κ3) is 6.49. The maximum absolute atomic E-state index is 11.5. The second-order valence-corrected chi connectivity index (χ2v) is 5.05. The van der Waals surface area contributed by atoms with E-state index in [2.05, 4.69) is 15.6 Å². The van der Waals surface area contributed by atoms with E-state index in [4.69, 9.17) is 11.6 Å². The number of nitrogens with zero attached hydrogens (tertiary/aromatic N) is 2. The highest BCUT2D eigenvalue weighted by Crippen LogP contribution is 2.12. The smallest absolute Gasteiger partial charge is 0.241 e. The van der Waals surface area contributed by atoms with Crippen LogP contribution in [0.5, 0.6) is 0 Å². The fourth-order valence-electron chi connectivity index (χ4n) is 1.85. The van der Waals surface area contributed by atoms with Crippen molar-refractivity contribution in [2.24, 2.45) is 4.99 Å². The molecule has 0 atom stereocenters. The van der Waals surface area contributed by atoms with E-state index in [-0.39, 0.29) is 12.5 Å². The first-order valence-corrected chi connectivity index (χ1v) is 7.45. The second kappa shape index (κ2) is 9.23. The average Bonchev–Trinajstić information content (AvgIpc) is 2.43. The molecule has 0 aliphatic carbocycles. The fourth-order valence-corrected chi connectivity index (χ4v) is 2.07. The third-order valence-corrected chi connectivity index (χ3v) is 2.99. The van der Waals surface area contributed by atoms with Crippen LogP contribution in [0.15, 0.2) is 29.3 Å². The molecule has 0 aliphatic heterocycles. The van der Waals surface area contributed by atoms with Gasteiger partial charge in [0.05, 0.1) is 0 Å². The van der Waals surface area contributed by atoms with Crippen LogP contribution in [0.25, 0.3) is 0 Å².